The van der Waals surface area contributed by atoms with E-state index in [9.17, 15) is 18.0 Å². The lowest BCUT2D eigenvalue weighted by Gasteiger charge is -2.24. The first-order valence-corrected chi connectivity index (χ1v) is 8.61. The number of methoxy groups -OCH3 is 1. The molecule has 21 heavy (non-hydrogen) atoms. The van der Waals surface area contributed by atoms with Gasteiger partial charge in [0.05, 0.1) is 11.5 Å². The largest absolute Gasteiger partial charge is 0.480 e. The molecule has 3 N–H and O–H groups in total. The molecule has 0 bridgehead atoms. The lowest BCUT2D eigenvalue weighted by Crippen LogP contribution is -2.49. The highest BCUT2D eigenvalue weighted by Crippen LogP contribution is 2.06. The minimum Gasteiger partial charge on any atom is -0.480 e. The maximum Gasteiger partial charge on any atom is 0.326 e. The first-order chi connectivity index (χ1) is 9.84. The molecule has 1 aliphatic rings. The molecule has 0 radical (unpaired) electrons. The van der Waals surface area contributed by atoms with E-state index in [4.69, 9.17) is 9.84 Å². The second kappa shape index (κ2) is 8.30. The molecule has 0 aromatic heterocycles. The molecule has 1 rings (SSSR count). The quantitative estimate of drug-likeness (QED) is 0.478. The van der Waals surface area contributed by atoms with Gasteiger partial charge in [0, 0.05) is 32.7 Å². The Bertz CT molecular complexity index is 464. The topological polar surface area (TPSA) is 122 Å². The van der Waals surface area contributed by atoms with E-state index in [1.54, 1.807) is 0 Å². The van der Waals surface area contributed by atoms with Gasteiger partial charge in [-0.2, -0.15) is 0 Å². The van der Waals surface area contributed by atoms with Crippen LogP contribution in [0.2, 0.25) is 0 Å². The summed E-state index contributed by atoms with van der Waals surface area (Å²) in [4.78, 5) is 22.9. The Balaban J connectivity index is 2.44. The van der Waals surface area contributed by atoms with E-state index in [1.807, 2.05) is 0 Å². The van der Waals surface area contributed by atoms with Crippen LogP contribution < -0.4 is 10.6 Å². The van der Waals surface area contributed by atoms with Crippen molar-refractivity contribution in [3.05, 3.63) is 0 Å². The lowest BCUT2D eigenvalue weighted by atomic mass is 10.1. The van der Waals surface area contributed by atoms with Gasteiger partial charge in [-0.3, -0.25) is 4.79 Å². The number of nitrogens with one attached hydrogen (secondary N) is 2. The molecule has 0 spiro atoms. The van der Waals surface area contributed by atoms with E-state index in [0.29, 0.717) is 19.6 Å². The third-order valence-corrected chi connectivity index (χ3v) is 4.94. The number of hydrogen-bond acceptors (Lipinski definition) is 6. The Morgan fingerprint density at radius 3 is 2.76 bits per heavy atom. The molecule has 1 saturated heterocycles. The molecule has 0 saturated carbocycles. The monoisotopic (exact) mass is 322 g/mol. The maximum atomic E-state index is 11.8. The van der Waals surface area contributed by atoms with Crippen LogP contribution in [-0.2, 0) is 24.2 Å². The Kier molecular flexibility index (Phi) is 7.06. The number of rotatable bonds is 8. The standard InChI is InChI=1S/C12H22N2O6S/c1-20-5-2-3-10(12(16)17)14-11(15)7-9-8-21(18,19)6-4-13-9/h9-10,13H,2-8H2,1H3,(H,14,15)(H,16,17). The van der Waals surface area contributed by atoms with Crippen LogP contribution in [0.1, 0.15) is 19.3 Å². The summed E-state index contributed by atoms with van der Waals surface area (Å²) in [6.45, 7) is 0.735. The Labute approximate surface area is 124 Å². The number of carboxylic acids is 1. The van der Waals surface area contributed by atoms with E-state index in [0.717, 1.165) is 0 Å². The summed E-state index contributed by atoms with van der Waals surface area (Å²) in [5.41, 5.74) is 0. The van der Waals surface area contributed by atoms with E-state index in [2.05, 4.69) is 10.6 Å². The van der Waals surface area contributed by atoms with Crippen molar-refractivity contribution >= 4 is 21.7 Å². The first-order valence-electron chi connectivity index (χ1n) is 6.79. The first kappa shape index (κ1) is 17.9. The summed E-state index contributed by atoms with van der Waals surface area (Å²) >= 11 is 0. The van der Waals surface area contributed by atoms with Gasteiger partial charge in [-0.05, 0) is 12.8 Å². The minimum atomic E-state index is -3.12. The van der Waals surface area contributed by atoms with Gasteiger partial charge < -0.3 is 20.5 Å². The van der Waals surface area contributed by atoms with Crippen LogP contribution in [0.4, 0.5) is 0 Å². The van der Waals surface area contributed by atoms with Crippen LogP contribution >= 0.6 is 0 Å². The maximum absolute atomic E-state index is 11.8. The molecular weight excluding hydrogens is 300 g/mol. The third kappa shape index (κ3) is 6.87. The predicted octanol–water partition coefficient (Wildman–Crippen LogP) is -1.24. The number of carbonyl (C=O) groups excluding carboxylic acids is 1. The Morgan fingerprint density at radius 1 is 1.48 bits per heavy atom. The second-order valence-electron chi connectivity index (χ2n) is 5.06. The van der Waals surface area contributed by atoms with E-state index >= 15 is 0 Å². The van der Waals surface area contributed by atoms with Crippen LogP contribution in [0.15, 0.2) is 0 Å². The average molecular weight is 322 g/mol. The fourth-order valence-corrected chi connectivity index (χ4v) is 3.61. The number of hydrogen-bond donors (Lipinski definition) is 3. The fraction of sp³-hybridized carbons (Fsp3) is 0.833. The summed E-state index contributed by atoms with van der Waals surface area (Å²) in [5.74, 6) is -1.60. The number of carboxylic acid groups (broad SMARTS) is 1. The third-order valence-electron chi connectivity index (χ3n) is 3.21. The summed E-state index contributed by atoms with van der Waals surface area (Å²) in [6, 6.07) is -1.44. The fourth-order valence-electron chi connectivity index (χ4n) is 2.16. The van der Waals surface area contributed by atoms with Crippen molar-refractivity contribution < 1.29 is 27.9 Å². The van der Waals surface area contributed by atoms with Gasteiger partial charge in [0.1, 0.15) is 6.04 Å². The van der Waals surface area contributed by atoms with Crippen LogP contribution in [0.3, 0.4) is 0 Å². The van der Waals surface area contributed by atoms with Gasteiger partial charge >= 0.3 is 5.97 Å². The zero-order valence-corrected chi connectivity index (χ0v) is 12.8. The van der Waals surface area contributed by atoms with E-state index in [1.165, 1.54) is 7.11 Å². The van der Waals surface area contributed by atoms with Crippen LogP contribution in [0, 0.1) is 0 Å². The highest BCUT2D eigenvalue weighted by molar-refractivity contribution is 7.91. The SMILES string of the molecule is COCCCC(NC(=O)CC1CS(=O)(=O)CCN1)C(=O)O. The molecule has 2 atom stereocenters. The van der Waals surface area contributed by atoms with Crippen LogP contribution in [-0.4, -0.2) is 69.3 Å². The molecular formula is C12H22N2O6S. The van der Waals surface area contributed by atoms with E-state index < -0.39 is 33.8 Å². The summed E-state index contributed by atoms with van der Waals surface area (Å²) in [7, 11) is -1.60. The van der Waals surface area contributed by atoms with Crippen molar-refractivity contribution in [2.75, 3.05) is 31.8 Å². The van der Waals surface area contributed by atoms with E-state index in [-0.39, 0.29) is 24.3 Å². The number of aliphatic carboxylic acids is 1. The molecule has 8 nitrogen and oxygen atoms in total. The van der Waals surface area contributed by atoms with Gasteiger partial charge in [-0.15, -0.1) is 0 Å². The summed E-state index contributed by atoms with van der Waals surface area (Å²) in [5, 5.41) is 14.4. The molecule has 9 heteroatoms. The smallest absolute Gasteiger partial charge is 0.326 e. The zero-order chi connectivity index (χ0) is 15.9. The highest BCUT2D eigenvalue weighted by Gasteiger charge is 2.27. The van der Waals surface area contributed by atoms with Crippen molar-refractivity contribution in [3.8, 4) is 0 Å². The summed E-state index contributed by atoms with van der Waals surface area (Å²) < 4.78 is 27.8. The molecule has 0 aromatic carbocycles. The normalized spacial score (nSPS) is 22.4. The second-order valence-corrected chi connectivity index (χ2v) is 7.29. The number of carbonyl (C=O) groups is 2. The van der Waals surface area contributed by atoms with Gasteiger partial charge in [-0.1, -0.05) is 0 Å². The van der Waals surface area contributed by atoms with Crippen molar-refractivity contribution in [1.82, 2.24) is 10.6 Å². The number of amides is 1. The van der Waals surface area contributed by atoms with Crippen molar-refractivity contribution in [2.24, 2.45) is 0 Å². The van der Waals surface area contributed by atoms with Gasteiger partial charge in [0.2, 0.25) is 5.91 Å². The predicted molar refractivity (Wildman–Crippen MR) is 75.7 cm³/mol. The molecule has 1 heterocycles. The van der Waals surface area contributed by atoms with Crippen molar-refractivity contribution in [3.63, 3.8) is 0 Å². The molecule has 1 aliphatic heterocycles. The molecule has 0 aromatic rings. The van der Waals surface area contributed by atoms with Gasteiger partial charge in [-0.25, -0.2) is 13.2 Å². The zero-order valence-electron chi connectivity index (χ0n) is 12.0. The minimum absolute atomic E-state index is 0.0483. The summed E-state index contributed by atoms with van der Waals surface area (Å²) in [6.07, 6.45) is 0.738. The molecule has 0 aliphatic carbocycles. The van der Waals surface area contributed by atoms with Crippen LogP contribution in [0.5, 0.6) is 0 Å². The number of sulfone groups is 1. The molecule has 2 unspecified atom stereocenters. The van der Waals surface area contributed by atoms with Gasteiger partial charge in [0.15, 0.2) is 9.84 Å². The Hall–Kier alpha value is -1.19. The highest BCUT2D eigenvalue weighted by atomic mass is 32.2. The molecule has 122 valence electrons. The van der Waals surface area contributed by atoms with Crippen molar-refractivity contribution in [2.45, 2.75) is 31.3 Å². The lowest BCUT2D eigenvalue weighted by molar-refractivity contribution is -0.142. The number of ether oxygens (including phenoxy) is 1. The average Bonchev–Trinajstić information content (AvgIpc) is 2.36. The molecule has 1 fully saturated rings. The Morgan fingerprint density at radius 2 is 2.19 bits per heavy atom. The van der Waals surface area contributed by atoms with Crippen molar-refractivity contribution in [1.29, 1.82) is 0 Å². The van der Waals surface area contributed by atoms with Gasteiger partial charge in [0.25, 0.3) is 0 Å². The van der Waals surface area contributed by atoms with Crippen LogP contribution in [0.25, 0.3) is 0 Å². The molecule has 1 amide bonds.